The molecule has 0 saturated carbocycles. The van der Waals surface area contributed by atoms with Crippen LogP contribution in [0.1, 0.15) is 34.8 Å². The van der Waals surface area contributed by atoms with E-state index in [4.69, 9.17) is 0 Å². The minimum absolute atomic E-state index is 0.0191. The van der Waals surface area contributed by atoms with Crippen LogP contribution in [0.5, 0.6) is 0 Å². The van der Waals surface area contributed by atoms with E-state index < -0.39 is 5.54 Å². The molecule has 2 aromatic rings. The van der Waals surface area contributed by atoms with Gasteiger partial charge < -0.3 is 10.6 Å². The minimum Gasteiger partial charge on any atom is -0.382 e. The largest absolute Gasteiger partial charge is 0.382 e. The van der Waals surface area contributed by atoms with E-state index in [1.807, 2.05) is 24.3 Å². The first-order valence-corrected chi connectivity index (χ1v) is 7.88. The van der Waals surface area contributed by atoms with Crippen LogP contribution in [0, 0.1) is 0 Å². The van der Waals surface area contributed by atoms with E-state index in [0.29, 0.717) is 6.04 Å². The molecule has 1 amide bonds. The highest BCUT2D eigenvalue weighted by atomic mass is 79.9. The van der Waals surface area contributed by atoms with Gasteiger partial charge in [0.05, 0.1) is 5.54 Å². The monoisotopic (exact) mass is 342 g/mol. The molecule has 0 aromatic heterocycles. The first kappa shape index (κ1) is 12.9. The summed E-state index contributed by atoms with van der Waals surface area (Å²) in [5.74, 6) is 0.0191. The third kappa shape index (κ3) is 1.75. The molecule has 4 heteroatoms. The number of amides is 1. The summed E-state index contributed by atoms with van der Waals surface area (Å²) in [6.07, 6.45) is 0.846. The number of carbonyl (C=O) groups is 1. The summed E-state index contributed by atoms with van der Waals surface area (Å²) in [6, 6.07) is 14.4. The van der Waals surface area contributed by atoms with Crippen LogP contribution in [0.4, 0.5) is 5.69 Å². The molecule has 0 radical (unpaired) electrons. The molecule has 0 bridgehead atoms. The van der Waals surface area contributed by atoms with E-state index in [2.05, 4.69) is 51.7 Å². The SMILES string of the molecule is C[C@@H]1C[C@]2(NC(=O)c3ccccc32)c2cc(Br)ccc2N1. The number of benzene rings is 2. The van der Waals surface area contributed by atoms with Crippen LogP contribution in [-0.4, -0.2) is 11.9 Å². The second kappa shape index (κ2) is 4.34. The van der Waals surface area contributed by atoms with Crippen molar-refractivity contribution in [2.24, 2.45) is 0 Å². The molecule has 2 aliphatic heterocycles. The maximum absolute atomic E-state index is 12.4. The van der Waals surface area contributed by atoms with Crippen molar-refractivity contribution in [3.05, 3.63) is 63.6 Å². The van der Waals surface area contributed by atoms with Gasteiger partial charge in [-0.2, -0.15) is 0 Å². The number of hydrogen-bond acceptors (Lipinski definition) is 2. The van der Waals surface area contributed by atoms with Crippen molar-refractivity contribution >= 4 is 27.5 Å². The average molecular weight is 343 g/mol. The van der Waals surface area contributed by atoms with Crippen molar-refractivity contribution in [1.82, 2.24) is 5.32 Å². The van der Waals surface area contributed by atoms with Crippen molar-refractivity contribution < 1.29 is 4.79 Å². The number of carbonyl (C=O) groups excluding carboxylic acids is 1. The molecule has 0 fully saturated rings. The Morgan fingerprint density at radius 3 is 2.86 bits per heavy atom. The molecule has 0 aliphatic carbocycles. The fraction of sp³-hybridized carbons (Fsp3) is 0.235. The molecule has 0 unspecified atom stereocenters. The van der Waals surface area contributed by atoms with Gasteiger partial charge in [-0.3, -0.25) is 4.79 Å². The van der Waals surface area contributed by atoms with Gasteiger partial charge in [-0.15, -0.1) is 0 Å². The molecule has 2 heterocycles. The highest BCUT2D eigenvalue weighted by molar-refractivity contribution is 9.10. The fourth-order valence-corrected chi connectivity index (χ4v) is 4.00. The second-order valence-electron chi connectivity index (χ2n) is 5.84. The van der Waals surface area contributed by atoms with E-state index in [1.54, 1.807) is 0 Å². The summed E-state index contributed by atoms with van der Waals surface area (Å²) in [5, 5.41) is 6.76. The van der Waals surface area contributed by atoms with Crippen LogP contribution in [0.15, 0.2) is 46.9 Å². The van der Waals surface area contributed by atoms with Gasteiger partial charge in [0, 0.05) is 27.3 Å². The Labute approximate surface area is 131 Å². The number of rotatable bonds is 0. The van der Waals surface area contributed by atoms with Gasteiger partial charge in [0.25, 0.3) is 5.91 Å². The maximum Gasteiger partial charge on any atom is 0.252 e. The highest BCUT2D eigenvalue weighted by Gasteiger charge is 2.48. The van der Waals surface area contributed by atoms with Crippen LogP contribution >= 0.6 is 15.9 Å². The summed E-state index contributed by atoms with van der Waals surface area (Å²) in [5.41, 5.74) is 3.68. The average Bonchev–Trinajstić information content (AvgIpc) is 2.74. The number of anilines is 1. The molecule has 2 atom stereocenters. The zero-order valence-corrected chi connectivity index (χ0v) is 13.2. The fourth-order valence-electron chi connectivity index (χ4n) is 3.64. The maximum atomic E-state index is 12.4. The molecular formula is C17H15BrN2O. The Morgan fingerprint density at radius 1 is 1.19 bits per heavy atom. The smallest absolute Gasteiger partial charge is 0.252 e. The normalized spacial score (nSPS) is 26.0. The lowest BCUT2D eigenvalue weighted by molar-refractivity contribution is 0.0936. The molecule has 2 aliphatic rings. The lowest BCUT2D eigenvalue weighted by Crippen LogP contribution is -2.47. The Hall–Kier alpha value is -1.81. The van der Waals surface area contributed by atoms with Crippen molar-refractivity contribution in [3.8, 4) is 0 Å². The second-order valence-corrected chi connectivity index (χ2v) is 6.76. The molecule has 0 saturated heterocycles. The molecule has 1 spiro atoms. The number of hydrogen-bond donors (Lipinski definition) is 2. The van der Waals surface area contributed by atoms with Crippen LogP contribution in [0.3, 0.4) is 0 Å². The zero-order chi connectivity index (χ0) is 14.6. The van der Waals surface area contributed by atoms with Crippen molar-refractivity contribution in [1.29, 1.82) is 0 Å². The number of fused-ring (bicyclic) bond motifs is 4. The standard InChI is InChI=1S/C17H15BrN2O/c1-10-9-17(14-8-11(18)6-7-15(14)19-10)13-5-3-2-4-12(13)16(21)20-17/h2-8,10,19H,9H2,1H3,(H,20,21)/t10-,17-/m1/s1. The third-order valence-electron chi connectivity index (χ3n) is 4.41. The van der Waals surface area contributed by atoms with Gasteiger partial charge in [0.1, 0.15) is 0 Å². The summed E-state index contributed by atoms with van der Waals surface area (Å²) in [7, 11) is 0. The molecule has 106 valence electrons. The van der Waals surface area contributed by atoms with E-state index in [-0.39, 0.29) is 5.91 Å². The van der Waals surface area contributed by atoms with Crippen molar-refractivity contribution in [2.75, 3.05) is 5.32 Å². The number of nitrogens with one attached hydrogen (secondary N) is 2. The summed E-state index contributed by atoms with van der Waals surface area (Å²) in [4.78, 5) is 12.4. The Kier molecular flexibility index (Phi) is 2.67. The molecular weight excluding hydrogens is 328 g/mol. The molecule has 2 N–H and O–H groups in total. The zero-order valence-electron chi connectivity index (χ0n) is 11.6. The van der Waals surface area contributed by atoms with Crippen molar-refractivity contribution in [2.45, 2.75) is 24.9 Å². The van der Waals surface area contributed by atoms with Gasteiger partial charge in [-0.05, 0) is 43.2 Å². The molecule has 4 rings (SSSR count). The predicted octanol–water partition coefficient (Wildman–Crippen LogP) is 3.64. The van der Waals surface area contributed by atoms with Crippen molar-refractivity contribution in [3.63, 3.8) is 0 Å². The number of halogens is 1. The van der Waals surface area contributed by atoms with Gasteiger partial charge in [-0.1, -0.05) is 34.1 Å². The summed E-state index contributed by atoms with van der Waals surface area (Å²) < 4.78 is 1.02. The van der Waals surface area contributed by atoms with Crippen LogP contribution < -0.4 is 10.6 Å². The first-order chi connectivity index (χ1) is 10.1. The summed E-state index contributed by atoms with van der Waals surface area (Å²) >= 11 is 3.55. The van der Waals surface area contributed by atoms with Gasteiger partial charge >= 0.3 is 0 Å². The Morgan fingerprint density at radius 2 is 2.00 bits per heavy atom. The van der Waals surface area contributed by atoms with E-state index in [9.17, 15) is 4.79 Å². The quantitative estimate of drug-likeness (QED) is 0.767. The van der Waals surface area contributed by atoms with Crippen LogP contribution in [0.2, 0.25) is 0 Å². The molecule has 21 heavy (non-hydrogen) atoms. The highest BCUT2D eigenvalue weighted by Crippen LogP contribution is 2.47. The van der Waals surface area contributed by atoms with Gasteiger partial charge in [-0.25, -0.2) is 0 Å². The van der Waals surface area contributed by atoms with Gasteiger partial charge in [0.2, 0.25) is 0 Å². The minimum atomic E-state index is -0.419. The van der Waals surface area contributed by atoms with E-state index >= 15 is 0 Å². The predicted molar refractivity (Wildman–Crippen MR) is 86.5 cm³/mol. The lowest BCUT2D eigenvalue weighted by atomic mass is 9.76. The topological polar surface area (TPSA) is 41.1 Å². The lowest BCUT2D eigenvalue weighted by Gasteiger charge is -2.40. The molecule has 3 nitrogen and oxygen atoms in total. The van der Waals surface area contributed by atoms with Crippen LogP contribution in [0.25, 0.3) is 0 Å². The summed E-state index contributed by atoms with van der Waals surface area (Å²) in [6.45, 7) is 2.15. The van der Waals surface area contributed by atoms with Gasteiger partial charge in [0.15, 0.2) is 0 Å². The first-order valence-electron chi connectivity index (χ1n) is 7.09. The molecule has 2 aromatic carbocycles. The third-order valence-corrected chi connectivity index (χ3v) is 4.91. The van der Waals surface area contributed by atoms with E-state index in [0.717, 1.165) is 33.3 Å². The van der Waals surface area contributed by atoms with Crippen LogP contribution in [-0.2, 0) is 5.54 Å². The Balaban J connectivity index is 2.02. The Bertz CT molecular complexity index is 758. The van der Waals surface area contributed by atoms with E-state index in [1.165, 1.54) is 0 Å².